The van der Waals surface area contributed by atoms with E-state index in [-0.39, 0.29) is 11.3 Å². The number of anilines is 2. The number of halogens is 1. The summed E-state index contributed by atoms with van der Waals surface area (Å²) < 4.78 is 5.46. The van der Waals surface area contributed by atoms with Crippen LogP contribution in [0.5, 0.6) is 5.75 Å². The van der Waals surface area contributed by atoms with Crippen LogP contribution in [0.4, 0.5) is 11.4 Å². The fourth-order valence-electron chi connectivity index (χ4n) is 3.83. The highest BCUT2D eigenvalue weighted by Gasteiger charge is 2.40. The van der Waals surface area contributed by atoms with Crippen molar-refractivity contribution in [3.8, 4) is 5.75 Å². The van der Waals surface area contributed by atoms with Crippen LogP contribution < -0.4 is 15.0 Å². The Morgan fingerprint density at radius 3 is 2.18 bits per heavy atom. The molecule has 5 nitrogen and oxygen atoms in total. The number of carbonyl (C=O) groups is 2. The van der Waals surface area contributed by atoms with E-state index in [2.05, 4.69) is 19.2 Å². The summed E-state index contributed by atoms with van der Waals surface area (Å²) in [6.45, 7) is 6.14. The first-order valence-corrected chi connectivity index (χ1v) is 11.1. The minimum atomic E-state index is -0.425. The number of methoxy groups -OCH3 is 1. The van der Waals surface area contributed by atoms with Gasteiger partial charge in [-0.1, -0.05) is 55.8 Å². The van der Waals surface area contributed by atoms with Gasteiger partial charge >= 0.3 is 0 Å². The highest BCUT2D eigenvalue weighted by Crippen LogP contribution is 2.36. The van der Waals surface area contributed by atoms with Crippen molar-refractivity contribution in [1.29, 1.82) is 0 Å². The molecule has 0 unspecified atom stereocenters. The zero-order valence-electron chi connectivity index (χ0n) is 19.0. The fraction of sp³-hybridized carbons (Fsp3) is 0.185. The Kier molecular flexibility index (Phi) is 6.25. The van der Waals surface area contributed by atoms with Gasteiger partial charge in [-0.05, 0) is 65.9 Å². The Morgan fingerprint density at radius 2 is 1.58 bits per heavy atom. The van der Waals surface area contributed by atoms with Crippen LogP contribution in [0.25, 0.3) is 5.57 Å². The highest BCUT2D eigenvalue weighted by atomic mass is 35.5. The Hall–Kier alpha value is -3.57. The number of nitrogens with zero attached hydrogens (tertiary/aromatic N) is 1. The van der Waals surface area contributed by atoms with E-state index in [1.54, 1.807) is 43.5 Å². The number of amides is 2. The van der Waals surface area contributed by atoms with Crippen LogP contribution in [-0.4, -0.2) is 18.9 Å². The lowest BCUT2D eigenvalue weighted by atomic mass is 10.0. The largest absolute Gasteiger partial charge is 0.495 e. The Balaban J connectivity index is 1.82. The van der Waals surface area contributed by atoms with Crippen molar-refractivity contribution in [2.45, 2.75) is 26.7 Å². The van der Waals surface area contributed by atoms with Crippen LogP contribution >= 0.6 is 11.6 Å². The molecule has 3 aromatic carbocycles. The molecule has 0 fully saturated rings. The molecule has 2 amide bonds. The second-order valence-corrected chi connectivity index (χ2v) is 8.71. The van der Waals surface area contributed by atoms with Gasteiger partial charge in [0.05, 0.1) is 24.1 Å². The number of aryl methyl sites for hydroxylation is 1. The molecule has 1 aliphatic heterocycles. The predicted molar refractivity (Wildman–Crippen MR) is 133 cm³/mol. The second-order valence-electron chi connectivity index (χ2n) is 8.28. The third kappa shape index (κ3) is 4.37. The molecule has 1 aliphatic rings. The highest BCUT2D eigenvalue weighted by molar-refractivity contribution is 6.46. The summed E-state index contributed by atoms with van der Waals surface area (Å²) in [6.07, 6.45) is 0. The Morgan fingerprint density at radius 1 is 0.909 bits per heavy atom. The van der Waals surface area contributed by atoms with E-state index in [1.165, 1.54) is 4.90 Å². The molecule has 1 heterocycles. The number of hydrogen-bond donors (Lipinski definition) is 1. The molecule has 3 aromatic rings. The minimum Gasteiger partial charge on any atom is -0.495 e. The molecule has 0 spiro atoms. The number of ether oxygens (including phenoxy) is 1. The molecule has 33 heavy (non-hydrogen) atoms. The van der Waals surface area contributed by atoms with E-state index >= 15 is 0 Å². The quantitative estimate of drug-likeness (QED) is 0.446. The van der Waals surface area contributed by atoms with E-state index < -0.39 is 11.8 Å². The molecule has 0 saturated heterocycles. The predicted octanol–water partition coefficient (Wildman–Crippen LogP) is 6.18. The molecule has 0 atom stereocenters. The van der Waals surface area contributed by atoms with Gasteiger partial charge in [0.1, 0.15) is 11.4 Å². The molecular weight excluding hydrogens is 436 g/mol. The van der Waals surface area contributed by atoms with Crippen LogP contribution in [-0.2, 0) is 9.59 Å². The van der Waals surface area contributed by atoms with Crippen LogP contribution in [0, 0.1) is 6.92 Å². The molecule has 0 radical (unpaired) electrons. The van der Waals surface area contributed by atoms with Gasteiger partial charge in [0, 0.05) is 5.02 Å². The van der Waals surface area contributed by atoms with Gasteiger partial charge in [0.15, 0.2) is 0 Å². The first-order valence-electron chi connectivity index (χ1n) is 10.7. The molecule has 168 valence electrons. The van der Waals surface area contributed by atoms with Crippen LogP contribution in [0.15, 0.2) is 72.4 Å². The lowest BCUT2D eigenvalue weighted by molar-refractivity contribution is -0.120. The van der Waals surface area contributed by atoms with E-state index in [4.69, 9.17) is 16.3 Å². The Labute approximate surface area is 198 Å². The number of imide groups is 1. The smallest absolute Gasteiger partial charge is 0.282 e. The van der Waals surface area contributed by atoms with E-state index in [9.17, 15) is 9.59 Å². The molecule has 0 saturated carbocycles. The lowest BCUT2D eigenvalue weighted by Crippen LogP contribution is -2.32. The first kappa shape index (κ1) is 22.6. The summed E-state index contributed by atoms with van der Waals surface area (Å²) >= 11 is 6.06. The van der Waals surface area contributed by atoms with Crippen molar-refractivity contribution < 1.29 is 14.3 Å². The van der Waals surface area contributed by atoms with Crippen molar-refractivity contribution in [3.05, 3.63) is 94.1 Å². The van der Waals surface area contributed by atoms with Gasteiger partial charge in [-0.3, -0.25) is 9.59 Å². The second kappa shape index (κ2) is 9.12. The van der Waals surface area contributed by atoms with Gasteiger partial charge in [-0.25, -0.2) is 4.90 Å². The molecule has 4 rings (SSSR count). The summed E-state index contributed by atoms with van der Waals surface area (Å²) in [6, 6.07) is 20.0. The van der Waals surface area contributed by atoms with Gasteiger partial charge in [0.2, 0.25) is 0 Å². The number of benzene rings is 3. The van der Waals surface area contributed by atoms with Crippen LogP contribution in [0.1, 0.15) is 36.5 Å². The molecular formula is C27H25ClN2O3. The molecule has 6 heteroatoms. The topological polar surface area (TPSA) is 58.6 Å². The van der Waals surface area contributed by atoms with Crippen LogP contribution in [0.3, 0.4) is 0 Å². The third-order valence-corrected chi connectivity index (χ3v) is 5.90. The lowest BCUT2D eigenvalue weighted by Gasteiger charge is -2.17. The third-order valence-electron chi connectivity index (χ3n) is 5.65. The summed E-state index contributed by atoms with van der Waals surface area (Å²) in [4.78, 5) is 28.4. The van der Waals surface area contributed by atoms with Crippen molar-refractivity contribution in [2.75, 3.05) is 17.3 Å². The van der Waals surface area contributed by atoms with Crippen LogP contribution in [0.2, 0.25) is 5.02 Å². The monoisotopic (exact) mass is 460 g/mol. The maximum atomic E-state index is 13.6. The molecule has 0 aliphatic carbocycles. The minimum absolute atomic E-state index is 0.194. The first-order chi connectivity index (χ1) is 15.8. The Bertz CT molecular complexity index is 1250. The summed E-state index contributed by atoms with van der Waals surface area (Å²) in [7, 11) is 1.56. The molecule has 0 bridgehead atoms. The van der Waals surface area contributed by atoms with Gasteiger partial charge in [-0.15, -0.1) is 0 Å². The summed E-state index contributed by atoms with van der Waals surface area (Å²) in [5.41, 5.74) is 4.34. The number of rotatable bonds is 6. The number of nitrogens with one attached hydrogen (secondary N) is 1. The molecule has 1 N–H and O–H groups in total. The van der Waals surface area contributed by atoms with Gasteiger partial charge in [-0.2, -0.15) is 0 Å². The maximum absolute atomic E-state index is 13.6. The fourth-order valence-corrected chi connectivity index (χ4v) is 3.95. The molecule has 0 aromatic heterocycles. The van der Waals surface area contributed by atoms with Crippen molar-refractivity contribution in [2.24, 2.45) is 0 Å². The van der Waals surface area contributed by atoms with E-state index in [0.29, 0.717) is 33.6 Å². The SMILES string of the molecule is COc1ccc(C)cc1NC1=C(c2ccc(Cl)cc2)C(=O)N(c2ccc(C(C)C)cc2)C1=O. The van der Waals surface area contributed by atoms with Gasteiger partial charge < -0.3 is 10.1 Å². The van der Waals surface area contributed by atoms with Crippen molar-refractivity contribution in [3.63, 3.8) is 0 Å². The van der Waals surface area contributed by atoms with E-state index in [1.807, 2.05) is 37.3 Å². The maximum Gasteiger partial charge on any atom is 0.282 e. The van der Waals surface area contributed by atoms with Gasteiger partial charge in [0.25, 0.3) is 11.8 Å². The van der Waals surface area contributed by atoms with E-state index in [0.717, 1.165) is 11.1 Å². The normalized spacial score (nSPS) is 13.8. The van der Waals surface area contributed by atoms with Crippen molar-refractivity contribution >= 4 is 40.4 Å². The zero-order valence-corrected chi connectivity index (χ0v) is 19.7. The summed E-state index contributed by atoms with van der Waals surface area (Å²) in [5.74, 6) is 0.0980. The summed E-state index contributed by atoms with van der Waals surface area (Å²) in [5, 5.41) is 3.73. The van der Waals surface area contributed by atoms with Crippen molar-refractivity contribution in [1.82, 2.24) is 0 Å². The average Bonchev–Trinajstić information content (AvgIpc) is 3.04. The average molecular weight is 461 g/mol. The standard InChI is InChI=1S/C27H25ClN2O3/c1-16(2)18-8-12-21(13-9-18)30-26(31)24(19-6-10-20(28)11-7-19)25(27(30)32)29-22-15-17(3)5-14-23(22)33-4/h5-16,29H,1-4H3. The zero-order chi connectivity index (χ0) is 23.7. The number of carbonyl (C=O) groups excluding carboxylic acids is 2. The number of hydrogen-bond acceptors (Lipinski definition) is 4.